The van der Waals surface area contributed by atoms with Crippen LogP contribution in [-0.4, -0.2) is 21.9 Å². The van der Waals surface area contributed by atoms with E-state index in [-0.39, 0.29) is 0 Å². The number of hydrogen-bond acceptors (Lipinski definition) is 4. The minimum atomic E-state index is 0.790. The van der Waals surface area contributed by atoms with Crippen molar-refractivity contribution in [3.63, 3.8) is 0 Å². The van der Waals surface area contributed by atoms with Crippen molar-refractivity contribution >= 4 is 5.69 Å². The molecule has 0 aromatic carbocycles. The summed E-state index contributed by atoms with van der Waals surface area (Å²) in [5, 5.41) is 0. The second-order valence-corrected chi connectivity index (χ2v) is 4.95. The van der Waals surface area contributed by atoms with Gasteiger partial charge in [0.1, 0.15) is 0 Å². The predicted molar refractivity (Wildman–Crippen MR) is 77.5 cm³/mol. The third kappa shape index (κ3) is 3.29. The zero-order valence-electron chi connectivity index (χ0n) is 11.7. The summed E-state index contributed by atoms with van der Waals surface area (Å²) < 4.78 is 0. The van der Waals surface area contributed by atoms with Crippen molar-refractivity contribution in [2.75, 3.05) is 12.8 Å². The molecule has 2 rings (SSSR count). The molecule has 100 valence electrons. The highest BCUT2D eigenvalue weighted by molar-refractivity contribution is 5.53. The fourth-order valence-corrected chi connectivity index (χ4v) is 2.06. The van der Waals surface area contributed by atoms with Crippen molar-refractivity contribution in [1.82, 2.24) is 14.9 Å². The third-order valence-electron chi connectivity index (χ3n) is 3.30. The van der Waals surface area contributed by atoms with Gasteiger partial charge in [-0.2, -0.15) is 0 Å². The van der Waals surface area contributed by atoms with Crippen molar-refractivity contribution in [1.29, 1.82) is 0 Å². The van der Waals surface area contributed by atoms with Gasteiger partial charge in [-0.25, -0.2) is 0 Å². The van der Waals surface area contributed by atoms with Gasteiger partial charge >= 0.3 is 0 Å². The first-order valence-corrected chi connectivity index (χ1v) is 6.36. The van der Waals surface area contributed by atoms with Crippen molar-refractivity contribution < 1.29 is 0 Å². The number of nitrogens with two attached hydrogens (primary N) is 1. The Balaban J connectivity index is 2.07. The van der Waals surface area contributed by atoms with E-state index in [1.54, 1.807) is 0 Å². The zero-order valence-corrected chi connectivity index (χ0v) is 11.7. The number of aromatic nitrogens is 2. The molecule has 0 saturated heterocycles. The van der Waals surface area contributed by atoms with Crippen molar-refractivity contribution in [3.05, 3.63) is 53.1 Å². The average molecular weight is 256 g/mol. The molecule has 2 aromatic rings. The van der Waals surface area contributed by atoms with Gasteiger partial charge in [0, 0.05) is 37.4 Å². The molecule has 0 saturated carbocycles. The molecule has 0 radical (unpaired) electrons. The Hall–Kier alpha value is -1.94. The van der Waals surface area contributed by atoms with E-state index in [9.17, 15) is 0 Å². The molecule has 19 heavy (non-hydrogen) atoms. The number of aryl methyl sites for hydroxylation is 1. The second kappa shape index (κ2) is 5.80. The van der Waals surface area contributed by atoms with Crippen molar-refractivity contribution in [3.8, 4) is 0 Å². The predicted octanol–water partition coefficient (Wildman–Crippen LogP) is 2.31. The number of rotatable bonds is 4. The summed E-state index contributed by atoms with van der Waals surface area (Å²) in [5.74, 6) is 0. The van der Waals surface area contributed by atoms with Gasteiger partial charge in [-0.15, -0.1) is 0 Å². The molecule has 0 spiro atoms. The minimum Gasteiger partial charge on any atom is -0.398 e. The van der Waals surface area contributed by atoms with Crippen LogP contribution in [0, 0.1) is 13.8 Å². The van der Waals surface area contributed by atoms with Crippen LogP contribution in [0.3, 0.4) is 0 Å². The van der Waals surface area contributed by atoms with E-state index in [0.717, 1.165) is 35.6 Å². The Morgan fingerprint density at radius 2 is 1.84 bits per heavy atom. The summed E-state index contributed by atoms with van der Waals surface area (Å²) in [6.07, 6.45) is 5.48. The van der Waals surface area contributed by atoms with E-state index in [2.05, 4.69) is 21.9 Å². The van der Waals surface area contributed by atoms with Crippen LogP contribution >= 0.6 is 0 Å². The first kappa shape index (κ1) is 13.5. The fourth-order valence-electron chi connectivity index (χ4n) is 2.06. The lowest BCUT2D eigenvalue weighted by atomic mass is 10.1. The average Bonchev–Trinajstić information content (AvgIpc) is 2.41. The van der Waals surface area contributed by atoms with E-state index in [1.165, 1.54) is 5.56 Å². The molecule has 0 unspecified atom stereocenters. The highest BCUT2D eigenvalue weighted by atomic mass is 15.1. The van der Waals surface area contributed by atoms with Gasteiger partial charge in [-0.3, -0.25) is 14.9 Å². The highest BCUT2D eigenvalue weighted by Crippen LogP contribution is 2.19. The largest absolute Gasteiger partial charge is 0.398 e. The second-order valence-electron chi connectivity index (χ2n) is 4.95. The number of anilines is 1. The summed E-state index contributed by atoms with van der Waals surface area (Å²) in [4.78, 5) is 10.7. The van der Waals surface area contributed by atoms with E-state index >= 15 is 0 Å². The Morgan fingerprint density at radius 3 is 2.53 bits per heavy atom. The maximum atomic E-state index is 6.04. The van der Waals surface area contributed by atoms with Crippen LogP contribution in [0.5, 0.6) is 0 Å². The number of hydrogen-bond donors (Lipinski definition) is 1. The molecular formula is C15H20N4. The Kier molecular flexibility index (Phi) is 4.12. The smallest absolute Gasteiger partial charge is 0.0593 e. The standard InChI is InChI=1S/C15H20N4/c1-11-8-18-14(12(2)15(11)16)10-19(3)9-13-4-6-17-7-5-13/h4-8H,9-10H2,1-3H3,(H2,16,18). The van der Waals surface area contributed by atoms with Crippen molar-refractivity contribution in [2.45, 2.75) is 26.9 Å². The lowest BCUT2D eigenvalue weighted by Crippen LogP contribution is -2.19. The van der Waals surface area contributed by atoms with Crippen LogP contribution in [0.15, 0.2) is 30.7 Å². The molecule has 2 N–H and O–H groups in total. The normalized spacial score (nSPS) is 10.9. The Labute approximate surface area is 114 Å². The van der Waals surface area contributed by atoms with Gasteiger partial charge in [0.15, 0.2) is 0 Å². The molecule has 0 aliphatic heterocycles. The molecule has 0 aliphatic rings. The molecule has 2 heterocycles. The van der Waals surface area contributed by atoms with Gasteiger partial charge in [-0.05, 0) is 49.7 Å². The van der Waals surface area contributed by atoms with Crippen molar-refractivity contribution in [2.24, 2.45) is 0 Å². The summed E-state index contributed by atoms with van der Waals surface area (Å²) in [6.45, 7) is 5.68. The van der Waals surface area contributed by atoms with Crippen LogP contribution in [0.1, 0.15) is 22.4 Å². The lowest BCUT2D eigenvalue weighted by molar-refractivity contribution is 0.314. The van der Waals surface area contributed by atoms with E-state index in [0.29, 0.717) is 0 Å². The van der Waals surface area contributed by atoms with Crippen LogP contribution in [0.4, 0.5) is 5.69 Å². The van der Waals surface area contributed by atoms with Gasteiger partial charge < -0.3 is 5.73 Å². The number of nitrogen functional groups attached to an aromatic ring is 1. The zero-order chi connectivity index (χ0) is 13.8. The highest BCUT2D eigenvalue weighted by Gasteiger charge is 2.09. The Morgan fingerprint density at radius 1 is 1.16 bits per heavy atom. The quantitative estimate of drug-likeness (QED) is 0.912. The number of pyridine rings is 2. The fraction of sp³-hybridized carbons (Fsp3) is 0.333. The topological polar surface area (TPSA) is 55.0 Å². The third-order valence-corrected chi connectivity index (χ3v) is 3.30. The van der Waals surface area contributed by atoms with Crippen LogP contribution in [-0.2, 0) is 13.1 Å². The van der Waals surface area contributed by atoms with Gasteiger partial charge in [0.2, 0.25) is 0 Å². The van der Waals surface area contributed by atoms with Crippen LogP contribution < -0.4 is 5.73 Å². The van der Waals surface area contributed by atoms with Crippen LogP contribution in [0.25, 0.3) is 0 Å². The molecule has 4 nitrogen and oxygen atoms in total. The minimum absolute atomic E-state index is 0.790. The monoisotopic (exact) mass is 256 g/mol. The van der Waals surface area contributed by atoms with Crippen LogP contribution in [0.2, 0.25) is 0 Å². The number of nitrogens with zero attached hydrogens (tertiary/aromatic N) is 3. The molecule has 0 aliphatic carbocycles. The van der Waals surface area contributed by atoms with Gasteiger partial charge in [0.25, 0.3) is 0 Å². The maximum Gasteiger partial charge on any atom is 0.0593 e. The molecule has 0 fully saturated rings. The van der Waals surface area contributed by atoms with E-state index in [4.69, 9.17) is 5.73 Å². The first-order chi connectivity index (χ1) is 9.08. The molecule has 4 heteroatoms. The summed E-state index contributed by atoms with van der Waals surface area (Å²) in [7, 11) is 2.08. The summed E-state index contributed by atoms with van der Waals surface area (Å²) in [6, 6.07) is 4.06. The maximum absolute atomic E-state index is 6.04. The molecule has 0 amide bonds. The SMILES string of the molecule is Cc1cnc(CN(C)Cc2ccncc2)c(C)c1N. The van der Waals surface area contributed by atoms with Gasteiger partial charge in [0.05, 0.1) is 5.69 Å². The summed E-state index contributed by atoms with van der Waals surface area (Å²) in [5.41, 5.74) is 11.3. The van der Waals surface area contributed by atoms with E-state index in [1.807, 2.05) is 44.6 Å². The molecule has 0 bridgehead atoms. The lowest BCUT2D eigenvalue weighted by Gasteiger charge is -2.18. The molecular weight excluding hydrogens is 236 g/mol. The Bertz CT molecular complexity index is 552. The van der Waals surface area contributed by atoms with E-state index < -0.39 is 0 Å². The first-order valence-electron chi connectivity index (χ1n) is 6.36. The molecule has 0 atom stereocenters. The molecule has 2 aromatic heterocycles. The van der Waals surface area contributed by atoms with Gasteiger partial charge in [-0.1, -0.05) is 0 Å². The summed E-state index contributed by atoms with van der Waals surface area (Å²) >= 11 is 0.